The highest BCUT2D eigenvalue weighted by atomic mass is 15.0. The molecule has 0 aliphatic heterocycles. The van der Waals surface area contributed by atoms with Crippen LogP contribution in [0.25, 0.3) is 11.0 Å². The molecular weight excluding hydrogens is 142 g/mol. The van der Waals surface area contributed by atoms with Crippen LogP contribution in [0.2, 0.25) is 0 Å². The largest absolute Gasteiger partial charge is 0.343 e. The molecule has 5 N–H and O–H groups in total. The van der Waals surface area contributed by atoms with Crippen LogP contribution in [0.4, 0.5) is 0 Å². The van der Waals surface area contributed by atoms with Crippen molar-refractivity contribution in [2.45, 2.75) is 0 Å². The van der Waals surface area contributed by atoms with Crippen LogP contribution in [0.5, 0.6) is 0 Å². The number of H-pyrrole nitrogens is 1. The second-order valence-corrected chi connectivity index (χ2v) is 1.80. The topological polar surface area (TPSA) is 93.6 Å². The van der Waals surface area contributed by atoms with Gasteiger partial charge in [-0.3, -0.25) is 16.7 Å². The fourth-order valence-corrected chi connectivity index (χ4v) is 0.782. The first-order valence-corrected chi connectivity index (χ1v) is 3.03. The number of imidazole rings is 1. The van der Waals surface area contributed by atoms with Gasteiger partial charge in [0.2, 0.25) is 0 Å². The summed E-state index contributed by atoms with van der Waals surface area (Å²) in [5.41, 5.74) is 1.95. The predicted octanol–water partition coefficient (Wildman–Crippen LogP) is -0.223. The van der Waals surface area contributed by atoms with Crippen molar-refractivity contribution < 1.29 is 0 Å². The number of aromatic nitrogens is 3. The molecule has 0 radical (unpaired) electrons. The van der Waals surface area contributed by atoms with Crippen molar-refractivity contribution in [2.75, 3.05) is 0 Å². The monoisotopic (exact) mass is 151 g/mol. The lowest BCUT2D eigenvalue weighted by atomic mass is 10.4. The van der Waals surface area contributed by atoms with Crippen LogP contribution in [0.3, 0.4) is 0 Å². The summed E-state index contributed by atoms with van der Waals surface area (Å²) in [5.74, 6) is 8.00. The summed E-state index contributed by atoms with van der Waals surface area (Å²) < 4.78 is 0. The van der Waals surface area contributed by atoms with Gasteiger partial charge in [0.15, 0.2) is 0 Å². The van der Waals surface area contributed by atoms with Gasteiger partial charge in [-0.05, 0) is 6.07 Å². The third-order valence-corrected chi connectivity index (χ3v) is 1.22. The highest BCUT2D eigenvalue weighted by Gasteiger charge is 1.89. The highest BCUT2D eigenvalue weighted by Crippen LogP contribution is 2.03. The molecule has 0 saturated carbocycles. The average molecular weight is 151 g/mol. The van der Waals surface area contributed by atoms with Crippen LogP contribution in [0, 0.1) is 0 Å². The number of hydrogen-bond acceptors (Lipinski definition) is 4. The fraction of sp³-hybridized carbons (Fsp3) is 0. The molecule has 0 atom stereocenters. The van der Waals surface area contributed by atoms with E-state index in [9.17, 15) is 0 Å². The number of nitrogens with two attached hydrogens (primary N) is 2. The minimum Gasteiger partial charge on any atom is -0.343 e. The van der Waals surface area contributed by atoms with E-state index < -0.39 is 0 Å². The number of pyridine rings is 1. The molecule has 2 aromatic rings. The van der Waals surface area contributed by atoms with Crippen LogP contribution < -0.4 is 11.7 Å². The average Bonchev–Trinajstić information content (AvgIpc) is 2.55. The zero-order chi connectivity index (χ0) is 8.10. The van der Waals surface area contributed by atoms with Gasteiger partial charge < -0.3 is 4.98 Å². The van der Waals surface area contributed by atoms with Gasteiger partial charge >= 0.3 is 0 Å². The molecule has 2 rings (SSSR count). The molecule has 0 fully saturated rings. The summed E-state index contributed by atoms with van der Waals surface area (Å²) in [7, 11) is 0. The van der Waals surface area contributed by atoms with Crippen molar-refractivity contribution in [1.82, 2.24) is 15.0 Å². The molecular formula is C6H9N5. The van der Waals surface area contributed by atoms with Crippen molar-refractivity contribution in [3.63, 3.8) is 0 Å². The first-order chi connectivity index (χ1) is 5.47. The quantitative estimate of drug-likeness (QED) is 0.358. The number of fused-ring (bicyclic) bond motifs is 1. The van der Waals surface area contributed by atoms with Crippen LogP contribution >= 0.6 is 0 Å². The van der Waals surface area contributed by atoms with Crippen LogP contribution in [0.15, 0.2) is 24.8 Å². The fourth-order valence-electron chi connectivity index (χ4n) is 0.782. The molecule has 0 unspecified atom stereocenters. The van der Waals surface area contributed by atoms with Gasteiger partial charge in [0, 0.05) is 6.20 Å². The molecule has 2 aromatic heterocycles. The molecule has 0 amide bonds. The van der Waals surface area contributed by atoms with E-state index in [1.165, 1.54) is 0 Å². The Morgan fingerprint density at radius 3 is 2.91 bits per heavy atom. The molecule has 0 bridgehead atoms. The summed E-state index contributed by atoms with van der Waals surface area (Å²) in [6, 6.07) is 1.87. The van der Waals surface area contributed by atoms with E-state index in [-0.39, 0.29) is 0 Å². The van der Waals surface area contributed by atoms with E-state index in [1.54, 1.807) is 18.7 Å². The third-order valence-electron chi connectivity index (χ3n) is 1.22. The maximum atomic E-state index is 4.02. The minimum atomic E-state index is 0.963. The molecule has 0 saturated heterocycles. The summed E-state index contributed by atoms with van der Waals surface area (Å²) in [4.78, 5) is 10.9. The Bertz CT molecular complexity index is 285. The Morgan fingerprint density at radius 2 is 2.18 bits per heavy atom. The zero-order valence-electron chi connectivity index (χ0n) is 5.86. The number of hydrogen-bond donors (Lipinski definition) is 3. The Morgan fingerprint density at radius 1 is 1.36 bits per heavy atom. The van der Waals surface area contributed by atoms with Gasteiger partial charge in [0.25, 0.3) is 0 Å². The number of nitrogens with zero attached hydrogens (tertiary/aromatic N) is 2. The molecule has 0 spiro atoms. The van der Waals surface area contributed by atoms with E-state index in [1.807, 2.05) is 6.07 Å². The second-order valence-electron chi connectivity index (χ2n) is 1.80. The van der Waals surface area contributed by atoms with Gasteiger partial charge in [0.1, 0.15) is 0 Å². The number of hydrazine groups is 1. The Balaban J connectivity index is 0.000000281. The standard InChI is InChI=1S/C6H5N3.H4N2/c1-2-7-3-6-5(1)8-4-9-6;1-2/h1-4H,(H,8,9);1-2H2. The van der Waals surface area contributed by atoms with Gasteiger partial charge in [-0.1, -0.05) is 0 Å². The zero-order valence-corrected chi connectivity index (χ0v) is 5.86. The van der Waals surface area contributed by atoms with Gasteiger partial charge in [-0.25, -0.2) is 4.98 Å². The van der Waals surface area contributed by atoms with Crippen LogP contribution in [-0.2, 0) is 0 Å². The SMILES string of the molecule is NN.c1cc2nc[nH]c2cn1. The second kappa shape index (κ2) is 3.65. The molecule has 0 aliphatic rings. The maximum Gasteiger partial charge on any atom is 0.0932 e. The lowest BCUT2D eigenvalue weighted by Gasteiger charge is -1.80. The lowest BCUT2D eigenvalue weighted by Crippen LogP contribution is -2.02. The van der Waals surface area contributed by atoms with E-state index in [4.69, 9.17) is 0 Å². The van der Waals surface area contributed by atoms with Crippen molar-refractivity contribution in [1.29, 1.82) is 0 Å². The van der Waals surface area contributed by atoms with Crippen molar-refractivity contribution in [2.24, 2.45) is 11.7 Å². The Hall–Kier alpha value is -1.46. The van der Waals surface area contributed by atoms with Gasteiger partial charge in [-0.2, -0.15) is 0 Å². The van der Waals surface area contributed by atoms with Gasteiger partial charge in [0.05, 0.1) is 23.6 Å². The molecule has 2 heterocycles. The Kier molecular flexibility index (Phi) is 2.53. The van der Waals surface area contributed by atoms with Gasteiger partial charge in [-0.15, -0.1) is 0 Å². The van der Waals surface area contributed by atoms with Crippen molar-refractivity contribution in [3.05, 3.63) is 24.8 Å². The van der Waals surface area contributed by atoms with Crippen LogP contribution in [0.1, 0.15) is 0 Å². The van der Waals surface area contributed by atoms with Crippen molar-refractivity contribution >= 4 is 11.0 Å². The molecule has 11 heavy (non-hydrogen) atoms. The number of aromatic amines is 1. The molecule has 0 aromatic carbocycles. The first-order valence-electron chi connectivity index (χ1n) is 3.03. The summed E-state index contributed by atoms with van der Waals surface area (Å²) in [6.45, 7) is 0. The maximum absolute atomic E-state index is 4.02. The van der Waals surface area contributed by atoms with Crippen LogP contribution in [-0.4, -0.2) is 15.0 Å². The number of nitrogens with one attached hydrogen (secondary N) is 1. The van der Waals surface area contributed by atoms with E-state index in [2.05, 4.69) is 26.6 Å². The first kappa shape index (κ1) is 7.64. The predicted molar refractivity (Wildman–Crippen MR) is 42.3 cm³/mol. The molecule has 58 valence electrons. The summed E-state index contributed by atoms with van der Waals surface area (Å²) in [6.07, 6.45) is 5.14. The Labute approximate surface area is 63.4 Å². The molecule has 0 aliphatic carbocycles. The smallest absolute Gasteiger partial charge is 0.0932 e. The van der Waals surface area contributed by atoms with E-state index in [0.29, 0.717) is 0 Å². The van der Waals surface area contributed by atoms with E-state index >= 15 is 0 Å². The van der Waals surface area contributed by atoms with E-state index in [0.717, 1.165) is 11.0 Å². The normalized spacial score (nSPS) is 8.91. The third kappa shape index (κ3) is 1.51. The summed E-state index contributed by atoms with van der Waals surface area (Å²) >= 11 is 0. The highest BCUT2D eigenvalue weighted by molar-refractivity contribution is 5.72. The summed E-state index contributed by atoms with van der Waals surface area (Å²) in [5, 5.41) is 0. The lowest BCUT2D eigenvalue weighted by molar-refractivity contribution is 1.26. The minimum absolute atomic E-state index is 0.963. The molecule has 5 heteroatoms. The molecule has 5 nitrogen and oxygen atoms in total. The number of rotatable bonds is 0. The van der Waals surface area contributed by atoms with Crippen molar-refractivity contribution in [3.8, 4) is 0 Å².